The van der Waals surface area contributed by atoms with Gasteiger partial charge in [-0.3, -0.25) is 14.4 Å². The minimum atomic E-state index is -0.526. The molecular weight excluding hydrogens is 506 g/mol. The molecule has 3 atom stereocenters. The van der Waals surface area contributed by atoms with Crippen molar-refractivity contribution in [3.05, 3.63) is 30.0 Å². The first-order valence-electron chi connectivity index (χ1n) is 13.5. The van der Waals surface area contributed by atoms with Gasteiger partial charge >= 0.3 is 0 Å². The maximum absolute atomic E-state index is 13.8. The van der Waals surface area contributed by atoms with Crippen LogP contribution in [0.4, 0.5) is 0 Å². The largest absolute Gasteiger partial charge is 0.497 e. The van der Waals surface area contributed by atoms with Crippen LogP contribution in [0, 0.1) is 5.92 Å². The van der Waals surface area contributed by atoms with Crippen molar-refractivity contribution in [1.29, 1.82) is 0 Å². The Morgan fingerprint density at radius 3 is 2.42 bits per heavy atom. The molecule has 2 N–H and O–H groups in total. The number of hydrogen-bond acceptors (Lipinski definition) is 5. The van der Waals surface area contributed by atoms with Crippen molar-refractivity contribution in [2.75, 3.05) is 33.8 Å². The van der Waals surface area contributed by atoms with Gasteiger partial charge in [-0.1, -0.05) is 19.3 Å². The molecule has 1 saturated heterocycles. The summed E-state index contributed by atoms with van der Waals surface area (Å²) in [5.74, 6) is 0.669. The maximum Gasteiger partial charge on any atom is 0.270 e. The van der Waals surface area contributed by atoms with E-state index in [1.54, 1.807) is 21.1 Å². The highest BCUT2D eigenvalue weighted by Gasteiger charge is 2.38. The average Bonchev–Trinajstić information content (AvgIpc) is 3.26. The summed E-state index contributed by atoms with van der Waals surface area (Å²) in [6.07, 6.45) is 5.24. The van der Waals surface area contributed by atoms with Crippen molar-refractivity contribution in [1.82, 2.24) is 25.0 Å². The number of nitrogens with zero attached hydrogens (tertiary/aromatic N) is 3. The molecule has 0 radical (unpaired) electrons. The Morgan fingerprint density at radius 2 is 1.79 bits per heavy atom. The number of rotatable bonds is 7. The van der Waals surface area contributed by atoms with Gasteiger partial charge in [0.25, 0.3) is 5.91 Å². The van der Waals surface area contributed by atoms with Gasteiger partial charge in [0.2, 0.25) is 11.8 Å². The van der Waals surface area contributed by atoms with Crippen LogP contribution < -0.4 is 15.4 Å². The molecule has 3 amide bonds. The van der Waals surface area contributed by atoms with Crippen molar-refractivity contribution >= 4 is 41.0 Å². The predicted molar refractivity (Wildman–Crippen MR) is 151 cm³/mol. The summed E-state index contributed by atoms with van der Waals surface area (Å²) in [6.45, 7) is 5.14. The number of ether oxygens (including phenoxy) is 1. The molecule has 1 aliphatic heterocycles. The summed E-state index contributed by atoms with van der Waals surface area (Å²) < 4.78 is 7.24. The molecule has 2 aliphatic rings. The molecule has 4 rings (SSSR count). The quantitative estimate of drug-likeness (QED) is 0.555. The second kappa shape index (κ2) is 12.8. The Bertz CT molecular complexity index is 1150. The first kappa shape index (κ1) is 29.8. The highest BCUT2D eigenvalue weighted by atomic mass is 35.5. The number of carbonyl (C=O) groups excluding carboxylic acids is 3. The molecule has 0 spiro atoms. The summed E-state index contributed by atoms with van der Waals surface area (Å²) in [4.78, 5) is 43.7. The molecule has 1 aliphatic carbocycles. The first-order chi connectivity index (χ1) is 17.7. The van der Waals surface area contributed by atoms with Crippen molar-refractivity contribution in [3.63, 3.8) is 0 Å². The van der Waals surface area contributed by atoms with Gasteiger partial charge in [-0.05, 0) is 57.9 Å². The van der Waals surface area contributed by atoms with Gasteiger partial charge in [-0.25, -0.2) is 0 Å². The number of benzene rings is 1. The van der Waals surface area contributed by atoms with E-state index in [2.05, 4.69) is 10.6 Å². The van der Waals surface area contributed by atoms with E-state index in [9.17, 15) is 14.4 Å². The summed E-state index contributed by atoms with van der Waals surface area (Å²) in [5.41, 5.74) is 1.55. The van der Waals surface area contributed by atoms with E-state index in [0.717, 1.165) is 42.3 Å². The molecule has 1 aromatic heterocycles. The summed E-state index contributed by atoms with van der Waals surface area (Å²) in [6, 6.07) is 6.65. The number of halogens is 1. The third kappa shape index (κ3) is 6.10. The summed E-state index contributed by atoms with van der Waals surface area (Å²) in [5, 5.41) is 7.01. The molecule has 0 unspecified atom stereocenters. The van der Waals surface area contributed by atoms with E-state index < -0.39 is 6.04 Å². The van der Waals surface area contributed by atoms with Crippen molar-refractivity contribution in [2.45, 2.75) is 64.1 Å². The highest BCUT2D eigenvalue weighted by Crippen LogP contribution is 2.29. The second-order valence-corrected chi connectivity index (χ2v) is 10.5. The Balaban J connectivity index is 0.00000400. The van der Waals surface area contributed by atoms with Crippen molar-refractivity contribution < 1.29 is 19.1 Å². The van der Waals surface area contributed by atoms with Crippen LogP contribution in [0.1, 0.15) is 56.4 Å². The molecule has 38 heavy (non-hydrogen) atoms. The van der Waals surface area contributed by atoms with Gasteiger partial charge < -0.3 is 29.7 Å². The number of aryl methyl sites for hydroxylation is 1. The first-order valence-corrected chi connectivity index (χ1v) is 13.5. The van der Waals surface area contributed by atoms with E-state index in [4.69, 9.17) is 4.74 Å². The number of likely N-dealkylation sites (N-methyl/N-ethyl adjacent to an activating group) is 1. The monoisotopic (exact) mass is 547 g/mol. The van der Waals surface area contributed by atoms with Crippen LogP contribution in [-0.2, 0) is 16.6 Å². The Morgan fingerprint density at radius 1 is 1.08 bits per heavy atom. The van der Waals surface area contributed by atoms with E-state index in [1.807, 2.05) is 52.6 Å². The normalized spacial score (nSPS) is 20.0. The maximum atomic E-state index is 13.8. The third-order valence-electron chi connectivity index (χ3n) is 8.18. The van der Waals surface area contributed by atoms with Crippen LogP contribution in [0.15, 0.2) is 24.3 Å². The van der Waals surface area contributed by atoms with Crippen LogP contribution in [-0.4, -0.2) is 84.0 Å². The van der Waals surface area contributed by atoms with Gasteiger partial charge in [-0.2, -0.15) is 0 Å². The summed E-state index contributed by atoms with van der Waals surface area (Å²) >= 11 is 0. The minimum Gasteiger partial charge on any atom is -0.497 e. The fourth-order valence-corrected chi connectivity index (χ4v) is 5.71. The zero-order valence-electron chi connectivity index (χ0n) is 23.2. The van der Waals surface area contributed by atoms with Gasteiger partial charge in [0.1, 0.15) is 17.5 Å². The number of aromatic nitrogens is 1. The zero-order chi connectivity index (χ0) is 26.7. The average molecular weight is 548 g/mol. The lowest BCUT2D eigenvalue weighted by Crippen LogP contribution is -2.62. The number of carbonyl (C=O) groups is 3. The lowest BCUT2D eigenvalue weighted by atomic mass is 9.83. The molecule has 2 fully saturated rings. The van der Waals surface area contributed by atoms with E-state index in [-0.39, 0.29) is 48.1 Å². The lowest BCUT2D eigenvalue weighted by Gasteiger charge is -2.43. The highest BCUT2D eigenvalue weighted by molar-refractivity contribution is 5.99. The molecule has 10 heteroatoms. The minimum absolute atomic E-state index is 0. The van der Waals surface area contributed by atoms with Crippen molar-refractivity contribution in [3.8, 4) is 5.75 Å². The van der Waals surface area contributed by atoms with Gasteiger partial charge in [0.05, 0.1) is 18.7 Å². The number of methoxy groups -OCH3 is 1. The molecule has 1 saturated carbocycles. The third-order valence-corrected chi connectivity index (χ3v) is 8.18. The SMILES string of the molecule is CN[C@@H](C)C(=O)N[C@H](C(=O)N1CCN(C(=O)c2cc3ccc(OC)cc3n2C)C[C@@H]1C)C1CCCCC1.Cl. The molecular formula is C28H42ClN5O4. The fraction of sp³-hybridized carbons (Fsp3) is 0.607. The standard InChI is InChI=1S/C28H41N5O4.ClH/c1-18-17-32(27(35)24-15-21-11-12-22(37-5)16-23(21)31(24)4)13-14-33(18)28(36)25(20-9-7-6-8-10-20)30-26(34)19(2)29-3;/h11-12,15-16,18-20,25,29H,6-10,13-14,17H2,1-5H3,(H,30,34);1H/t18-,19-,25-;/m0./s1. The smallest absolute Gasteiger partial charge is 0.270 e. The molecule has 210 valence electrons. The topological polar surface area (TPSA) is 95.9 Å². The fourth-order valence-electron chi connectivity index (χ4n) is 5.71. The number of nitrogens with one attached hydrogen (secondary N) is 2. The number of fused-ring (bicyclic) bond motifs is 1. The van der Waals surface area contributed by atoms with Crippen LogP contribution >= 0.6 is 12.4 Å². The Labute approximate surface area is 231 Å². The lowest BCUT2D eigenvalue weighted by molar-refractivity contribution is -0.142. The second-order valence-electron chi connectivity index (χ2n) is 10.5. The van der Waals surface area contributed by atoms with E-state index >= 15 is 0 Å². The molecule has 0 bridgehead atoms. The van der Waals surface area contributed by atoms with E-state index in [1.165, 1.54) is 6.42 Å². The van der Waals surface area contributed by atoms with E-state index in [0.29, 0.717) is 25.3 Å². The number of hydrogen-bond donors (Lipinski definition) is 2. The van der Waals surface area contributed by atoms with Crippen LogP contribution in [0.5, 0.6) is 5.75 Å². The number of amides is 3. The summed E-state index contributed by atoms with van der Waals surface area (Å²) in [7, 11) is 5.26. The molecule has 1 aromatic carbocycles. The van der Waals surface area contributed by atoms with Crippen LogP contribution in [0.3, 0.4) is 0 Å². The predicted octanol–water partition coefficient (Wildman–Crippen LogP) is 2.95. The van der Waals surface area contributed by atoms with Gasteiger partial charge in [0.15, 0.2) is 0 Å². The van der Waals surface area contributed by atoms with Crippen molar-refractivity contribution in [2.24, 2.45) is 13.0 Å². The van der Waals surface area contributed by atoms with Gasteiger partial charge in [-0.15, -0.1) is 12.4 Å². The molecule has 2 heterocycles. The Kier molecular flexibility index (Phi) is 10.1. The molecule has 9 nitrogen and oxygen atoms in total. The van der Waals surface area contributed by atoms with Gasteiger partial charge in [0, 0.05) is 44.2 Å². The molecule has 2 aromatic rings. The van der Waals surface area contributed by atoms with Crippen LogP contribution in [0.25, 0.3) is 10.9 Å². The van der Waals surface area contributed by atoms with Crippen LogP contribution in [0.2, 0.25) is 0 Å². The Hall–Kier alpha value is -2.78. The number of piperazine rings is 1. The zero-order valence-corrected chi connectivity index (χ0v) is 24.0.